The number of rotatable bonds is 4. The quantitative estimate of drug-likeness (QED) is 0.793. The summed E-state index contributed by atoms with van der Waals surface area (Å²) in [6, 6.07) is 2.16. The van der Waals surface area contributed by atoms with Crippen molar-refractivity contribution in [3.63, 3.8) is 0 Å². The number of nitrogens with one attached hydrogen (secondary N) is 1. The van der Waals surface area contributed by atoms with Crippen LogP contribution in [0, 0.1) is 0 Å². The van der Waals surface area contributed by atoms with Crippen molar-refractivity contribution in [3.05, 3.63) is 29.7 Å². The third-order valence-corrected chi connectivity index (χ3v) is 4.14. The summed E-state index contributed by atoms with van der Waals surface area (Å²) in [7, 11) is 0. The first-order chi connectivity index (χ1) is 9.30. The molecule has 0 aliphatic heterocycles. The number of nitrogens with zero attached hydrogens (tertiary/aromatic N) is 4. The number of aromatic nitrogens is 4. The lowest BCUT2D eigenvalue weighted by molar-refractivity contribution is 0.660. The molecular weight excluding hydrogens is 258 g/mol. The Bertz CT molecular complexity index is 700. The molecule has 1 N–H and O–H groups in total. The lowest BCUT2D eigenvalue weighted by Gasteiger charge is -2.02. The molecule has 19 heavy (non-hydrogen) atoms. The van der Waals surface area contributed by atoms with Crippen LogP contribution in [0.25, 0.3) is 10.2 Å². The normalized spacial score (nSPS) is 11.1. The highest BCUT2D eigenvalue weighted by atomic mass is 32.1. The zero-order chi connectivity index (χ0) is 13.2. The van der Waals surface area contributed by atoms with Crippen molar-refractivity contribution >= 4 is 33.1 Å². The van der Waals surface area contributed by atoms with E-state index in [1.807, 2.05) is 17.1 Å². The molecule has 0 bridgehead atoms. The lowest BCUT2D eigenvalue weighted by atomic mass is 10.3. The van der Waals surface area contributed by atoms with Gasteiger partial charge in [0.25, 0.3) is 0 Å². The molecule has 3 heterocycles. The number of thiophene rings is 1. The SMILES string of the molecule is CCc1cc2c(Nc3cnn(CC)c3)ncnc2s1. The van der Waals surface area contributed by atoms with Crippen LogP contribution in [0.4, 0.5) is 11.5 Å². The number of fused-ring (bicyclic) bond motifs is 1. The van der Waals surface area contributed by atoms with Gasteiger partial charge < -0.3 is 5.32 Å². The first kappa shape index (κ1) is 12.1. The van der Waals surface area contributed by atoms with Gasteiger partial charge in [0, 0.05) is 17.6 Å². The first-order valence-corrected chi connectivity index (χ1v) is 7.14. The molecule has 0 amide bonds. The highest BCUT2D eigenvalue weighted by Crippen LogP contribution is 2.29. The van der Waals surface area contributed by atoms with E-state index in [2.05, 4.69) is 40.3 Å². The zero-order valence-corrected chi connectivity index (χ0v) is 11.7. The fourth-order valence-corrected chi connectivity index (χ4v) is 2.85. The second kappa shape index (κ2) is 4.97. The molecular formula is C13H15N5S. The minimum Gasteiger partial charge on any atom is -0.337 e. The largest absolute Gasteiger partial charge is 0.337 e. The Labute approximate surface area is 115 Å². The summed E-state index contributed by atoms with van der Waals surface area (Å²) < 4.78 is 1.88. The van der Waals surface area contributed by atoms with Crippen LogP contribution in [0.3, 0.4) is 0 Å². The van der Waals surface area contributed by atoms with Crippen LogP contribution in [-0.2, 0) is 13.0 Å². The van der Waals surface area contributed by atoms with Gasteiger partial charge in [0.2, 0.25) is 0 Å². The number of anilines is 2. The van der Waals surface area contributed by atoms with Gasteiger partial charge in [0.05, 0.1) is 17.3 Å². The maximum atomic E-state index is 4.33. The molecule has 0 saturated heterocycles. The van der Waals surface area contributed by atoms with Crippen LogP contribution >= 0.6 is 11.3 Å². The maximum Gasteiger partial charge on any atom is 0.142 e. The summed E-state index contributed by atoms with van der Waals surface area (Å²) in [5, 5.41) is 8.63. The Morgan fingerprint density at radius 3 is 2.95 bits per heavy atom. The van der Waals surface area contributed by atoms with E-state index in [0.29, 0.717) is 0 Å². The molecule has 3 aromatic heterocycles. The average Bonchev–Trinajstić information content (AvgIpc) is 3.05. The van der Waals surface area contributed by atoms with Crippen LogP contribution in [0.5, 0.6) is 0 Å². The van der Waals surface area contributed by atoms with E-state index in [-0.39, 0.29) is 0 Å². The van der Waals surface area contributed by atoms with Crippen molar-refractivity contribution in [2.75, 3.05) is 5.32 Å². The topological polar surface area (TPSA) is 55.6 Å². The molecule has 0 aromatic carbocycles. The van der Waals surface area contributed by atoms with Gasteiger partial charge >= 0.3 is 0 Å². The van der Waals surface area contributed by atoms with Crippen molar-refractivity contribution in [3.8, 4) is 0 Å². The summed E-state index contributed by atoms with van der Waals surface area (Å²) in [5.74, 6) is 0.844. The van der Waals surface area contributed by atoms with E-state index in [9.17, 15) is 0 Å². The van der Waals surface area contributed by atoms with E-state index in [4.69, 9.17) is 0 Å². The summed E-state index contributed by atoms with van der Waals surface area (Å²) in [4.78, 5) is 11.0. The molecule has 3 rings (SSSR count). The minimum atomic E-state index is 0.844. The number of hydrogen-bond donors (Lipinski definition) is 1. The molecule has 3 aromatic rings. The highest BCUT2D eigenvalue weighted by Gasteiger charge is 2.08. The molecule has 0 atom stereocenters. The molecule has 0 unspecified atom stereocenters. The molecule has 0 radical (unpaired) electrons. The summed E-state index contributed by atoms with van der Waals surface area (Å²) in [6.07, 6.45) is 6.41. The molecule has 0 saturated carbocycles. The fourth-order valence-electron chi connectivity index (χ4n) is 1.92. The molecule has 5 nitrogen and oxygen atoms in total. The van der Waals surface area contributed by atoms with Crippen molar-refractivity contribution in [1.29, 1.82) is 0 Å². The second-order valence-electron chi connectivity index (χ2n) is 4.22. The molecule has 0 fully saturated rings. The van der Waals surface area contributed by atoms with Crippen LogP contribution < -0.4 is 5.32 Å². The van der Waals surface area contributed by atoms with Crippen LogP contribution in [0.2, 0.25) is 0 Å². The summed E-state index contributed by atoms with van der Waals surface area (Å²) >= 11 is 1.72. The third-order valence-electron chi connectivity index (χ3n) is 2.95. The first-order valence-electron chi connectivity index (χ1n) is 6.33. The molecule has 0 spiro atoms. The van der Waals surface area contributed by atoms with Gasteiger partial charge in [-0.3, -0.25) is 4.68 Å². The Kier molecular flexibility index (Phi) is 3.16. The predicted octanol–water partition coefficient (Wildman–Crippen LogP) is 3.21. The summed E-state index contributed by atoms with van der Waals surface area (Å²) in [5.41, 5.74) is 0.950. The Balaban J connectivity index is 1.97. The van der Waals surface area contributed by atoms with E-state index in [1.54, 1.807) is 17.7 Å². The standard InChI is InChI=1S/C13H15N5S/c1-3-10-5-11-12(14-8-15-13(11)19-10)17-9-6-16-18(4-2)7-9/h5-8H,3-4H2,1-2H3,(H,14,15,17). The number of aryl methyl sites for hydroxylation is 2. The van der Waals surface area contributed by atoms with E-state index in [0.717, 1.165) is 34.7 Å². The third kappa shape index (κ3) is 2.31. The van der Waals surface area contributed by atoms with E-state index < -0.39 is 0 Å². The second-order valence-corrected chi connectivity index (χ2v) is 5.33. The Hall–Kier alpha value is -1.95. The zero-order valence-electron chi connectivity index (χ0n) is 10.9. The number of hydrogen-bond acceptors (Lipinski definition) is 5. The molecule has 0 aliphatic carbocycles. The minimum absolute atomic E-state index is 0.844. The predicted molar refractivity (Wildman–Crippen MR) is 78.0 cm³/mol. The molecule has 0 aliphatic rings. The van der Waals surface area contributed by atoms with E-state index in [1.165, 1.54) is 4.88 Å². The van der Waals surface area contributed by atoms with Gasteiger partial charge in [-0.15, -0.1) is 11.3 Å². The summed E-state index contributed by atoms with van der Waals surface area (Å²) in [6.45, 7) is 5.07. The van der Waals surface area contributed by atoms with E-state index >= 15 is 0 Å². The molecule has 98 valence electrons. The Morgan fingerprint density at radius 2 is 2.21 bits per heavy atom. The monoisotopic (exact) mass is 273 g/mol. The molecule has 6 heteroatoms. The van der Waals surface area contributed by atoms with Crippen LogP contribution in [-0.4, -0.2) is 19.7 Å². The van der Waals surface area contributed by atoms with Crippen molar-refractivity contribution in [2.24, 2.45) is 0 Å². The van der Waals surface area contributed by atoms with Crippen molar-refractivity contribution < 1.29 is 0 Å². The van der Waals surface area contributed by atoms with Crippen LogP contribution in [0.15, 0.2) is 24.8 Å². The fraction of sp³-hybridized carbons (Fsp3) is 0.308. The van der Waals surface area contributed by atoms with Gasteiger partial charge in [0.15, 0.2) is 0 Å². The van der Waals surface area contributed by atoms with Crippen molar-refractivity contribution in [2.45, 2.75) is 26.8 Å². The van der Waals surface area contributed by atoms with Gasteiger partial charge in [-0.05, 0) is 19.4 Å². The van der Waals surface area contributed by atoms with Gasteiger partial charge in [-0.2, -0.15) is 5.10 Å². The smallest absolute Gasteiger partial charge is 0.142 e. The highest BCUT2D eigenvalue weighted by molar-refractivity contribution is 7.18. The van der Waals surface area contributed by atoms with Crippen LogP contribution in [0.1, 0.15) is 18.7 Å². The van der Waals surface area contributed by atoms with Gasteiger partial charge in [-0.25, -0.2) is 9.97 Å². The Morgan fingerprint density at radius 1 is 1.32 bits per heavy atom. The maximum absolute atomic E-state index is 4.33. The average molecular weight is 273 g/mol. The van der Waals surface area contributed by atoms with Crippen molar-refractivity contribution in [1.82, 2.24) is 19.7 Å². The lowest BCUT2D eigenvalue weighted by Crippen LogP contribution is -1.94. The van der Waals surface area contributed by atoms with Gasteiger partial charge in [-0.1, -0.05) is 6.92 Å². The van der Waals surface area contributed by atoms with Gasteiger partial charge in [0.1, 0.15) is 17.0 Å².